The fourth-order valence-corrected chi connectivity index (χ4v) is 4.08. The summed E-state index contributed by atoms with van der Waals surface area (Å²) in [4.78, 5) is 22.4. The highest BCUT2D eigenvalue weighted by atomic mass is 16.6. The Hall–Kier alpha value is -4.63. The molecule has 1 amide bonds. The number of carbonyl (C=O) groups is 1. The number of H-pyrrole nitrogens is 1. The van der Waals surface area contributed by atoms with Gasteiger partial charge < -0.3 is 19.4 Å². The van der Waals surface area contributed by atoms with Crippen molar-refractivity contribution in [3.8, 4) is 22.6 Å². The standard InChI is InChI=1S/C29H30N6O3/c1-34(2)13-6-14-37-24-11-9-22(10-12-24)23-15-26-27(18-31-28(26)30-16-23)33-29(36)38-25-17-32-35(20-25)19-21-7-4-3-5-8-21/h3-5,7-12,15-18,20H,6,13-14,19H2,1-2H3,(H,30,31)(H,33,36). The molecule has 0 unspecified atom stereocenters. The lowest BCUT2D eigenvalue weighted by atomic mass is 10.1. The maximum Gasteiger partial charge on any atom is 0.417 e. The lowest BCUT2D eigenvalue weighted by molar-refractivity contribution is 0.215. The summed E-state index contributed by atoms with van der Waals surface area (Å²) >= 11 is 0. The van der Waals surface area contributed by atoms with Gasteiger partial charge in [-0.15, -0.1) is 0 Å². The van der Waals surface area contributed by atoms with Gasteiger partial charge >= 0.3 is 6.09 Å². The SMILES string of the molecule is CN(C)CCCOc1ccc(-c2cnc3[nH]cc(NC(=O)Oc4cnn(Cc5ccccc5)c4)c3c2)cc1. The average molecular weight is 511 g/mol. The van der Waals surface area contributed by atoms with Crippen LogP contribution in [0.1, 0.15) is 12.0 Å². The molecule has 0 saturated carbocycles. The molecule has 9 nitrogen and oxygen atoms in total. The van der Waals surface area contributed by atoms with Crippen LogP contribution in [-0.4, -0.2) is 58.0 Å². The minimum Gasteiger partial charge on any atom is -0.494 e. The first-order chi connectivity index (χ1) is 18.5. The number of nitrogens with zero attached hydrogens (tertiary/aromatic N) is 4. The Balaban J connectivity index is 1.22. The van der Waals surface area contributed by atoms with Crippen LogP contribution in [0.5, 0.6) is 11.5 Å². The van der Waals surface area contributed by atoms with Crippen molar-refractivity contribution in [3.63, 3.8) is 0 Å². The van der Waals surface area contributed by atoms with E-state index in [1.54, 1.807) is 23.3 Å². The van der Waals surface area contributed by atoms with Crippen LogP contribution in [0.3, 0.4) is 0 Å². The number of hydrogen-bond acceptors (Lipinski definition) is 6. The predicted octanol–water partition coefficient (Wildman–Crippen LogP) is 5.42. The van der Waals surface area contributed by atoms with Gasteiger partial charge in [0.15, 0.2) is 5.75 Å². The normalized spacial score (nSPS) is 11.1. The maximum atomic E-state index is 12.6. The number of hydrogen-bond donors (Lipinski definition) is 2. The summed E-state index contributed by atoms with van der Waals surface area (Å²) in [5, 5.41) is 7.86. The van der Waals surface area contributed by atoms with Gasteiger partial charge in [0.2, 0.25) is 0 Å². The number of aromatic amines is 1. The molecule has 0 atom stereocenters. The number of nitrogens with one attached hydrogen (secondary N) is 2. The Labute approximate surface area is 221 Å². The zero-order chi connectivity index (χ0) is 26.3. The summed E-state index contributed by atoms with van der Waals surface area (Å²) in [6, 6.07) is 19.9. The lowest BCUT2D eigenvalue weighted by Crippen LogP contribution is -2.16. The molecular formula is C29H30N6O3. The monoisotopic (exact) mass is 510 g/mol. The zero-order valence-corrected chi connectivity index (χ0v) is 21.4. The van der Waals surface area contributed by atoms with Crippen LogP contribution in [-0.2, 0) is 6.54 Å². The molecule has 2 N–H and O–H groups in total. The highest BCUT2D eigenvalue weighted by Crippen LogP contribution is 2.29. The third-order valence-electron chi connectivity index (χ3n) is 5.98. The molecule has 0 aliphatic rings. The van der Waals surface area contributed by atoms with Gasteiger partial charge in [0.25, 0.3) is 0 Å². The van der Waals surface area contributed by atoms with Crippen molar-refractivity contribution < 1.29 is 14.3 Å². The fraction of sp³-hybridized carbons (Fsp3) is 0.207. The van der Waals surface area contributed by atoms with Crippen molar-refractivity contribution in [1.82, 2.24) is 24.6 Å². The van der Waals surface area contributed by atoms with Gasteiger partial charge in [-0.25, -0.2) is 9.78 Å². The van der Waals surface area contributed by atoms with Crippen molar-refractivity contribution >= 4 is 22.8 Å². The minimum absolute atomic E-state index is 0.362. The Morgan fingerprint density at radius 2 is 1.84 bits per heavy atom. The minimum atomic E-state index is -0.605. The van der Waals surface area contributed by atoms with Crippen molar-refractivity contribution in [2.24, 2.45) is 0 Å². The molecule has 2 aromatic carbocycles. The number of pyridine rings is 1. The van der Waals surface area contributed by atoms with E-state index in [0.717, 1.165) is 40.8 Å². The van der Waals surface area contributed by atoms with E-state index in [2.05, 4.69) is 39.4 Å². The Morgan fingerprint density at radius 3 is 2.63 bits per heavy atom. The summed E-state index contributed by atoms with van der Waals surface area (Å²) in [7, 11) is 4.10. The van der Waals surface area contributed by atoms with E-state index >= 15 is 0 Å². The highest BCUT2D eigenvalue weighted by molar-refractivity contribution is 6.00. The summed E-state index contributed by atoms with van der Waals surface area (Å²) in [6.45, 7) is 2.25. The van der Waals surface area contributed by atoms with Crippen LogP contribution in [0.4, 0.5) is 10.5 Å². The summed E-state index contributed by atoms with van der Waals surface area (Å²) in [5.41, 5.74) is 4.28. The first-order valence-electron chi connectivity index (χ1n) is 12.4. The second-order valence-electron chi connectivity index (χ2n) is 9.23. The maximum absolute atomic E-state index is 12.6. The van der Waals surface area contributed by atoms with Crippen LogP contribution in [0.25, 0.3) is 22.2 Å². The van der Waals surface area contributed by atoms with Crippen molar-refractivity contribution in [1.29, 1.82) is 0 Å². The molecule has 3 heterocycles. The van der Waals surface area contributed by atoms with Gasteiger partial charge in [-0.2, -0.15) is 5.10 Å². The predicted molar refractivity (Wildman–Crippen MR) is 148 cm³/mol. The molecule has 0 saturated heterocycles. The van der Waals surface area contributed by atoms with E-state index in [4.69, 9.17) is 9.47 Å². The van der Waals surface area contributed by atoms with Crippen molar-refractivity contribution in [2.45, 2.75) is 13.0 Å². The van der Waals surface area contributed by atoms with E-state index in [9.17, 15) is 4.79 Å². The largest absolute Gasteiger partial charge is 0.494 e. The zero-order valence-electron chi connectivity index (χ0n) is 21.4. The fourth-order valence-electron chi connectivity index (χ4n) is 4.08. The van der Waals surface area contributed by atoms with Gasteiger partial charge in [-0.1, -0.05) is 42.5 Å². The quantitative estimate of drug-likeness (QED) is 0.244. The van der Waals surface area contributed by atoms with Crippen LogP contribution >= 0.6 is 0 Å². The van der Waals surface area contributed by atoms with E-state index in [0.29, 0.717) is 30.2 Å². The molecule has 0 aliphatic carbocycles. The topological polar surface area (TPSA) is 97.3 Å². The summed E-state index contributed by atoms with van der Waals surface area (Å²) in [5.74, 6) is 1.20. The van der Waals surface area contributed by atoms with Gasteiger partial charge in [0, 0.05) is 29.9 Å². The van der Waals surface area contributed by atoms with Gasteiger partial charge in [0.1, 0.15) is 11.4 Å². The average Bonchev–Trinajstić information content (AvgIpc) is 3.53. The third-order valence-corrected chi connectivity index (χ3v) is 5.98. The number of anilines is 1. The van der Waals surface area contributed by atoms with Crippen LogP contribution in [0.2, 0.25) is 0 Å². The van der Waals surface area contributed by atoms with Crippen LogP contribution in [0, 0.1) is 0 Å². The molecule has 5 aromatic rings. The molecule has 38 heavy (non-hydrogen) atoms. The van der Waals surface area contributed by atoms with Gasteiger partial charge in [0.05, 0.1) is 31.2 Å². The van der Waals surface area contributed by atoms with Crippen LogP contribution < -0.4 is 14.8 Å². The Kier molecular flexibility index (Phi) is 7.65. The molecule has 3 aromatic heterocycles. The van der Waals surface area contributed by atoms with Crippen molar-refractivity contribution in [3.05, 3.63) is 91.0 Å². The molecule has 5 rings (SSSR count). The Bertz CT molecular complexity index is 1490. The molecule has 0 fully saturated rings. The van der Waals surface area contributed by atoms with Crippen LogP contribution in [0.15, 0.2) is 85.5 Å². The summed E-state index contributed by atoms with van der Waals surface area (Å²) in [6.07, 6.45) is 7.08. The highest BCUT2D eigenvalue weighted by Gasteiger charge is 2.13. The number of carbonyl (C=O) groups excluding carboxylic acids is 1. The smallest absolute Gasteiger partial charge is 0.417 e. The molecule has 0 aliphatic heterocycles. The van der Waals surface area contributed by atoms with Gasteiger partial charge in [-0.3, -0.25) is 10.00 Å². The first-order valence-corrected chi connectivity index (χ1v) is 12.4. The van der Waals surface area contributed by atoms with Gasteiger partial charge in [-0.05, 0) is 49.8 Å². The third kappa shape index (κ3) is 6.37. The van der Waals surface area contributed by atoms with E-state index in [-0.39, 0.29) is 0 Å². The second-order valence-corrected chi connectivity index (χ2v) is 9.23. The number of fused-ring (bicyclic) bond motifs is 1. The molecule has 0 radical (unpaired) electrons. The molecular weight excluding hydrogens is 480 g/mol. The first kappa shape index (κ1) is 25.0. The number of benzene rings is 2. The number of amides is 1. The molecule has 0 bridgehead atoms. The second kappa shape index (κ2) is 11.6. The Morgan fingerprint density at radius 1 is 1.03 bits per heavy atom. The molecule has 0 spiro atoms. The summed E-state index contributed by atoms with van der Waals surface area (Å²) < 4.78 is 13.0. The number of aromatic nitrogens is 4. The molecule has 9 heteroatoms. The van der Waals surface area contributed by atoms with Crippen molar-refractivity contribution in [2.75, 3.05) is 32.6 Å². The van der Waals surface area contributed by atoms with E-state index in [1.807, 2.05) is 60.7 Å². The molecule has 194 valence electrons. The number of rotatable bonds is 10. The lowest BCUT2D eigenvalue weighted by Gasteiger charge is -2.11. The number of ether oxygens (including phenoxy) is 2. The van der Waals surface area contributed by atoms with E-state index in [1.165, 1.54) is 6.20 Å². The van der Waals surface area contributed by atoms with E-state index < -0.39 is 6.09 Å².